The highest BCUT2D eigenvalue weighted by Crippen LogP contribution is 2.42. The van der Waals surface area contributed by atoms with Crippen molar-refractivity contribution in [3.63, 3.8) is 0 Å². The fourth-order valence-corrected chi connectivity index (χ4v) is 20.3. The van der Waals surface area contributed by atoms with Crippen molar-refractivity contribution in [3.05, 3.63) is 98.1 Å². The standard InChI is InChI=1S/C18H27N3O4S.C14H23ClO3S.C14H24O4S.C12H22O4.2C8H11N3O3S.C7H6O3/c1-10(2)12-5-4-11(3)8-13(12)24-16(22)17-25-15(9-26-17)21-7-6-14(19)20-18(21)23;2*1-8(2)10-5-4-9(3)6-11(10)17-13(16)14-18-12(15)7-19-14;1-7(2)9-5-4-8(3)6-10(9)16-12(15)11(13)14;2*9-5-1-2-11(8(13)10-5)6-4-15-7(3-12)14-6;8-6-4-2-1-3-5(6)7(9)10/h6-7,10-13,15,17H,4-5,8-9H2,1-3H3,(H2,19,20,23);8-12,14H,4-7H2,1-3H3;8-12,14-15H,4-7H2,1-3H3;7-11,13-14H,4-6H2,1-3H3;2*1-2,6-7,12H,3-4H2,(H2,9,10,13);1-4,8H,(H,9,10)/t11-,12+,13-,15+,17?;9-,10+,11-,12?,14?;9-,10+,11-,12-,14?;8-,9+,10-;2*6-,7+;/m111100./s1. The maximum atomic E-state index is 12.6. The van der Waals surface area contributed by atoms with E-state index in [0.29, 0.717) is 99.8 Å². The van der Waals surface area contributed by atoms with Crippen LogP contribution in [0.2, 0.25) is 0 Å². The highest BCUT2D eigenvalue weighted by molar-refractivity contribution is 8.01. The molecule has 4 aromatic rings. The van der Waals surface area contributed by atoms with Crippen molar-refractivity contribution in [1.82, 2.24) is 28.7 Å². The Morgan fingerprint density at radius 2 is 0.800 bits per heavy atom. The number of nitrogens with zero attached hydrogens (tertiary/aromatic N) is 6. The molecule has 8 heterocycles. The number of phenols is 1. The third-order valence-corrected chi connectivity index (χ3v) is 28.0. The number of rotatable bonds is 18. The van der Waals surface area contributed by atoms with Gasteiger partial charge in [-0.15, -0.1) is 58.8 Å². The van der Waals surface area contributed by atoms with Crippen molar-refractivity contribution in [3.8, 4) is 5.75 Å². The van der Waals surface area contributed by atoms with Crippen molar-refractivity contribution in [2.45, 2.75) is 249 Å². The van der Waals surface area contributed by atoms with E-state index in [2.05, 4.69) is 98.0 Å². The van der Waals surface area contributed by atoms with Crippen LogP contribution >= 0.6 is 70.4 Å². The number of hydrogen-bond donors (Lipinski definition) is 10. The molecule has 3 aromatic heterocycles. The number of nitrogens with two attached hydrogens (primary N) is 3. The van der Waals surface area contributed by atoms with Crippen molar-refractivity contribution >= 4 is 118 Å². The Morgan fingerprint density at radius 3 is 1.09 bits per heavy atom. The number of benzene rings is 1. The van der Waals surface area contributed by atoms with Crippen molar-refractivity contribution in [2.24, 2.45) is 71.0 Å². The third-order valence-electron chi connectivity index (χ3n) is 22.1. The number of nitrogen functional groups attached to an aromatic ring is 3. The molecule has 13 N–H and O–H groups in total. The van der Waals surface area contributed by atoms with E-state index in [1.165, 1.54) is 110 Å². The van der Waals surface area contributed by atoms with E-state index >= 15 is 0 Å². The maximum Gasteiger partial charge on any atom is 0.363 e. The number of carbonyl (C=O) groups excluding carboxylic acids is 4. The molecular weight excluding hydrogens is 1680 g/mol. The number of carbonyl (C=O) groups is 5. The van der Waals surface area contributed by atoms with Gasteiger partial charge in [0, 0.05) is 47.4 Å². The number of halogens is 1. The van der Waals surface area contributed by atoms with E-state index in [1.807, 2.05) is 0 Å². The molecule has 0 radical (unpaired) electrons. The molecule has 9 fully saturated rings. The maximum absolute atomic E-state index is 12.6. The van der Waals surface area contributed by atoms with E-state index in [9.17, 15) is 43.5 Å². The highest BCUT2D eigenvalue weighted by atomic mass is 35.5. The third kappa shape index (κ3) is 31.6. The summed E-state index contributed by atoms with van der Waals surface area (Å²) in [5.74, 6) is 6.16. The van der Waals surface area contributed by atoms with Gasteiger partial charge in [0.1, 0.15) is 88.3 Å². The molecule has 0 bridgehead atoms. The molecule has 0 amide bonds. The first-order valence-corrected chi connectivity index (χ1v) is 46.6. The number of aliphatic hydroxyl groups excluding tert-OH is 4. The van der Waals surface area contributed by atoms with Gasteiger partial charge in [-0.3, -0.25) is 13.7 Å². The van der Waals surface area contributed by atoms with Gasteiger partial charge >= 0.3 is 46.9 Å². The van der Waals surface area contributed by atoms with Gasteiger partial charge in [0.25, 0.3) is 6.29 Å². The number of carboxylic acids is 1. The molecule has 0 spiro atoms. The van der Waals surface area contributed by atoms with Gasteiger partial charge in [-0.25, -0.2) is 38.4 Å². The molecule has 4 unspecified atom stereocenters. The zero-order valence-corrected chi connectivity index (χ0v) is 75.0. The van der Waals surface area contributed by atoms with Gasteiger partial charge in [0.15, 0.2) is 6.29 Å². The molecule has 120 heavy (non-hydrogen) atoms. The summed E-state index contributed by atoms with van der Waals surface area (Å²) in [5.41, 5.74) is 12.0. The number of hydrogen-bond acceptors (Lipinski definition) is 34. The van der Waals surface area contributed by atoms with Gasteiger partial charge in [-0.2, -0.15) is 15.0 Å². The number of thioether (sulfide) groups is 5. The molecule has 5 aliphatic heterocycles. The molecule has 674 valence electrons. The van der Waals surface area contributed by atoms with Crippen LogP contribution in [0.3, 0.4) is 0 Å². The second-order valence-electron chi connectivity index (χ2n) is 32.8. The number of carboxylic acid groups (broad SMARTS) is 1. The predicted octanol–water partition coefficient (Wildman–Crippen LogP) is 9.66. The number of ether oxygens (including phenoxy) is 9. The molecule has 33 nitrogen and oxygen atoms in total. The SMILES string of the molecule is CC(C)[C@@H]1CC[C@@H](C)C[C@H]1OC(=O)C(O)O.CC(C)[C@@H]1CC[C@@H](C)C[C@H]1OC(=O)C1OC(Cl)CS1.CC(C)[C@@H]1CC[C@@H](C)C[C@H]1OC(=O)C1O[C@@H](O)CS1.CC(C)[C@@H]1CC[C@@H](C)C[C@H]1OC(=O)C1O[C@H](n2ccc(N)nc2=O)CS1.Nc1ccn([C@@H]2CS[C@H](CO)O2)c(=O)n1.Nc1ccn([C@@H]2CS[C@H](CO)O2)c(=O)n1.O=C(O)c1ccccc1O. The lowest BCUT2D eigenvalue weighted by Gasteiger charge is -2.37. The van der Waals surface area contributed by atoms with Crippen LogP contribution in [0.1, 0.15) is 189 Å². The fraction of sp³-hybridized carbons (Fsp3) is 0.716. The Bertz CT molecular complexity index is 3920. The Labute approximate surface area is 726 Å². The number of aromatic hydroxyl groups is 1. The van der Waals surface area contributed by atoms with Crippen LogP contribution in [0.4, 0.5) is 17.5 Å². The van der Waals surface area contributed by atoms with Crippen LogP contribution in [0, 0.1) is 71.0 Å². The van der Waals surface area contributed by atoms with E-state index < -0.39 is 64.1 Å². The quantitative estimate of drug-likeness (QED) is 0.0192. The lowest BCUT2D eigenvalue weighted by Crippen LogP contribution is -2.38. The van der Waals surface area contributed by atoms with E-state index in [-0.39, 0.29) is 113 Å². The minimum Gasteiger partial charge on any atom is -0.507 e. The number of aliphatic hydroxyl groups is 5. The van der Waals surface area contributed by atoms with Gasteiger partial charge in [-0.1, -0.05) is 133 Å². The molecule has 9 aliphatic rings. The molecular formula is C81H124ClN9O24S5. The first-order chi connectivity index (χ1) is 56.8. The van der Waals surface area contributed by atoms with E-state index in [1.54, 1.807) is 42.9 Å². The van der Waals surface area contributed by atoms with Crippen molar-refractivity contribution < 1.29 is 102 Å². The average Bonchev–Trinajstić information content (AvgIpc) is 1.35. The van der Waals surface area contributed by atoms with Crippen LogP contribution in [-0.2, 0) is 61.8 Å². The van der Waals surface area contributed by atoms with Crippen LogP contribution in [0.15, 0.2) is 75.4 Å². The second kappa shape index (κ2) is 49.7. The summed E-state index contributed by atoms with van der Waals surface area (Å²) >= 11 is 12.9. The molecule has 4 saturated carbocycles. The van der Waals surface area contributed by atoms with Crippen LogP contribution in [0.5, 0.6) is 5.75 Å². The number of aromatic carboxylic acids is 1. The Morgan fingerprint density at radius 1 is 0.475 bits per heavy atom. The minimum atomic E-state index is -2.01. The zero-order valence-electron chi connectivity index (χ0n) is 70.2. The normalized spacial score (nSPS) is 30.7. The van der Waals surface area contributed by atoms with Gasteiger partial charge in [0.2, 0.25) is 16.3 Å². The summed E-state index contributed by atoms with van der Waals surface area (Å²) in [5, 5.41) is 61.8. The monoisotopic (exact) mass is 1800 g/mol. The Hall–Kier alpha value is -5.95. The Balaban J connectivity index is 0.000000196. The second-order valence-corrected chi connectivity index (χ2v) is 39.0. The molecule has 4 aliphatic carbocycles. The number of para-hydroxylation sites is 1. The highest BCUT2D eigenvalue weighted by Gasteiger charge is 2.43. The average molecular weight is 1800 g/mol. The lowest BCUT2D eigenvalue weighted by atomic mass is 9.75. The Kier molecular flexibility index (Phi) is 41.9. The van der Waals surface area contributed by atoms with Crippen LogP contribution in [0.25, 0.3) is 0 Å². The van der Waals surface area contributed by atoms with Gasteiger partial charge in [0.05, 0.1) is 13.2 Å². The van der Waals surface area contributed by atoms with Crippen LogP contribution < -0.4 is 34.3 Å². The largest absolute Gasteiger partial charge is 0.507 e. The first-order valence-electron chi connectivity index (χ1n) is 41.0. The molecule has 5 saturated heterocycles. The van der Waals surface area contributed by atoms with E-state index in [4.69, 9.17) is 102 Å². The van der Waals surface area contributed by atoms with Crippen LogP contribution in [-0.4, -0.2) is 206 Å². The lowest BCUT2D eigenvalue weighted by molar-refractivity contribution is -0.184. The zero-order chi connectivity index (χ0) is 88.4. The molecule has 13 rings (SSSR count). The summed E-state index contributed by atoms with van der Waals surface area (Å²) in [6.07, 6.45) is 13.1. The molecule has 22 atom stereocenters. The summed E-state index contributed by atoms with van der Waals surface area (Å²) < 4.78 is 53.6. The molecule has 1 aromatic carbocycles. The molecule has 39 heteroatoms. The topological polar surface area (TPSA) is 493 Å². The van der Waals surface area contributed by atoms with Crippen molar-refractivity contribution in [1.29, 1.82) is 0 Å². The number of anilines is 3. The van der Waals surface area contributed by atoms with Gasteiger partial charge in [-0.05, 0) is 153 Å². The van der Waals surface area contributed by atoms with E-state index in [0.717, 1.165) is 57.8 Å². The minimum absolute atomic E-state index is 0.00167. The number of aromatic nitrogens is 6. The number of esters is 4. The first kappa shape index (κ1) is 101. The van der Waals surface area contributed by atoms with Crippen molar-refractivity contribution in [2.75, 3.05) is 59.2 Å². The fourth-order valence-electron chi connectivity index (χ4n) is 15.5. The summed E-state index contributed by atoms with van der Waals surface area (Å²) in [7, 11) is 0. The summed E-state index contributed by atoms with van der Waals surface area (Å²) in [6.45, 7) is 26.0. The smallest absolute Gasteiger partial charge is 0.363 e. The summed E-state index contributed by atoms with van der Waals surface area (Å²) in [6, 6.07) is 10.4. The predicted molar refractivity (Wildman–Crippen MR) is 460 cm³/mol. The van der Waals surface area contributed by atoms with Gasteiger partial charge < -0.3 is 95.6 Å². The number of alkyl halides is 1. The summed E-state index contributed by atoms with van der Waals surface area (Å²) in [4.78, 5) is 104.